The molecule has 0 aliphatic rings. The number of aliphatic hydroxyl groups is 1. The van der Waals surface area contributed by atoms with Crippen LogP contribution in [0.15, 0.2) is 53.3 Å². The highest BCUT2D eigenvalue weighted by atomic mass is 16.5. The molecule has 0 aliphatic carbocycles. The maximum atomic E-state index is 12.4. The van der Waals surface area contributed by atoms with E-state index in [1.54, 1.807) is 35.9 Å². The van der Waals surface area contributed by atoms with Crippen LogP contribution in [0.25, 0.3) is 11.0 Å². The Morgan fingerprint density at radius 2 is 1.77 bits per heavy atom. The number of fused-ring (bicyclic) bond motifs is 1. The summed E-state index contributed by atoms with van der Waals surface area (Å²) in [4.78, 5) is 23.8. The zero-order chi connectivity index (χ0) is 18.7. The molecule has 0 radical (unpaired) electrons. The van der Waals surface area contributed by atoms with E-state index >= 15 is 0 Å². The average Bonchev–Trinajstić information content (AvgIpc) is 2.91. The molecule has 0 aliphatic heterocycles. The molecule has 7 heteroatoms. The molecule has 26 heavy (non-hydrogen) atoms. The van der Waals surface area contributed by atoms with Gasteiger partial charge in [-0.3, -0.25) is 9.13 Å². The first kappa shape index (κ1) is 17.8. The van der Waals surface area contributed by atoms with Gasteiger partial charge >= 0.3 is 11.7 Å². The number of rotatable bonds is 6. The van der Waals surface area contributed by atoms with Crippen LogP contribution in [0.1, 0.15) is 10.4 Å². The number of benzene rings is 2. The fraction of sp³-hybridized carbons (Fsp3) is 0.263. The van der Waals surface area contributed by atoms with E-state index in [-0.39, 0.29) is 18.8 Å². The second-order valence-corrected chi connectivity index (χ2v) is 5.92. The van der Waals surface area contributed by atoms with Crippen LogP contribution < -0.4 is 10.4 Å². The standard InChI is InChI=1S/C19H20N2O5/c1-20-16-5-3-4-6-17(16)21(19(20)24)11-14(22)12-26-15-9-7-13(8-10-15)18(23)25-2/h3-10,14,22H,11-12H2,1-2H3/t14-/m1/s1. The number of imidazole rings is 1. The Kier molecular flexibility index (Phi) is 5.09. The molecule has 1 heterocycles. The highest BCUT2D eigenvalue weighted by Gasteiger charge is 2.14. The summed E-state index contributed by atoms with van der Waals surface area (Å²) in [6, 6.07) is 13.8. The van der Waals surface area contributed by atoms with Crippen molar-refractivity contribution in [2.24, 2.45) is 7.05 Å². The van der Waals surface area contributed by atoms with Crippen molar-refractivity contribution in [1.29, 1.82) is 0 Å². The number of aromatic nitrogens is 2. The second-order valence-electron chi connectivity index (χ2n) is 5.92. The van der Waals surface area contributed by atoms with Crippen LogP contribution in [0.3, 0.4) is 0 Å². The Morgan fingerprint density at radius 3 is 2.42 bits per heavy atom. The predicted molar refractivity (Wildman–Crippen MR) is 96.5 cm³/mol. The van der Waals surface area contributed by atoms with E-state index in [1.807, 2.05) is 24.3 Å². The first-order chi connectivity index (χ1) is 12.5. The van der Waals surface area contributed by atoms with Crippen LogP contribution in [-0.4, -0.2) is 40.0 Å². The molecule has 1 atom stereocenters. The van der Waals surface area contributed by atoms with Gasteiger partial charge in [-0.2, -0.15) is 0 Å². The Labute approximate surface area is 150 Å². The molecule has 2 aromatic carbocycles. The van der Waals surface area contributed by atoms with Gasteiger partial charge < -0.3 is 14.6 Å². The molecular weight excluding hydrogens is 336 g/mol. The van der Waals surface area contributed by atoms with Gasteiger partial charge in [0.2, 0.25) is 0 Å². The molecular formula is C19H20N2O5. The van der Waals surface area contributed by atoms with E-state index in [2.05, 4.69) is 4.74 Å². The van der Waals surface area contributed by atoms with Crippen molar-refractivity contribution < 1.29 is 19.4 Å². The highest BCUT2D eigenvalue weighted by molar-refractivity contribution is 5.89. The highest BCUT2D eigenvalue weighted by Crippen LogP contribution is 2.15. The minimum absolute atomic E-state index is 0.0211. The fourth-order valence-corrected chi connectivity index (χ4v) is 2.80. The van der Waals surface area contributed by atoms with Crippen molar-refractivity contribution in [2.45, 2.75) is 12.6 Å². The van der Waals surface area contributed by atoms with Crippen molar-refractivity contribution in [1.82, 2.24) is 9.13 Å². The molecule has 0 amide bonds. The first-order valence-electron chi connectivity index (χ1n) is 8.14. The summed E-state index contributed by atoms with van der Waals surface area (Å²) in [5.41, 5.74) is 1.81. The van der Waals surface area contributed by atoms with E-state index in [0.29, 0.717) is 11.3 Å². The lowest BCUT2D eigenvalue weighted by Gasteiger charge is -2.13. The summed E-state index contributed by atoms with van der Waals surface area (Å²) >= 11 is 0. The number of para-hydroxylation sites is 2. The van der Waals surface area contributed by atoms with Gasteiger partial charge in [0.25, 0.3) is 0 Å². The van der Waals surface area contributed by atoms with Crippen molar-refractivity contribution in [2.75, 3.05) is 13.7 Å². The summed E-state index contributed by atoms with van der Waals surface area (Å²) in [5.74, 6) is 0.0916. The Hall–Kier alpha value is -3.06. The Balaban J connectivity index is 1.67. The molecule has 3 aromatic rings. The number of nitrogens with zero attached hydrogens (tertiary/aromatic N) is 2. The SMILES string of the molecule is COC(=O)c1ccc(OC[C@H](O)Cn2c(=O)n(C)c3ccccc32)cc1. The van der Waals surface area contributed by atoms with Crippen molar-refractivity contribution in [3.8, 4) is 5.75 Å². The lowest BCUT2D eigenvalue weighted by molar-refractivity contribution is 0.0600. The topological polar surface area (TPSA) is 82.7 Å². The molecule has 0 saturated heterocycles. The Bertz CT molecular complexity index is 972. The summed E-state index contributed by atoms with van der Waals surface area (Å²) < 4.78 is 13.3. The number of hydrogen-bond donors (Lipinski definition) is 1. The summed E-state index contributed by atoms with van der Waals surface area (Å²) in [6.07, 6.45) is -0.862. The largest absolute Gasteiger partial charge is 0.491 e. The third-order valence-electron chi connectivity index (χ3n) is 4.16. The van der Waals surface area contributed by atoms with Gasteiger partial charge in [0.15, 0.2) is 0 Å². The number of carbonyl (C=O) groups is 1. The van der Waals surface area contributed by atoms with Crippen LogP contribution in [0.2, 0.25) is 0 Å². The van der Waals surface area contributed by atoms with E-state index in [1.165, 1.54) is 11.7 Å². The number of aryl methyl sites for hydroxylation is 1. The minimum atomic E-state index is -0.862. The molecule has 0 saturated carbocycles. The smallest absolute Gasteiger partial charge is 0.337 e. The molecule has 1 aromatic heterocycles. The maximum Gasteiger partial charge on any atom is 0.337 e. The molecule has 0 spiro atoms. The molecule has 3 rings (SSSR count). The predicted octanol–water partition coefficient (Wildman–Crippen LogP) is 1.57. The molecule has 0 fully saturated rings. The minimum Gasteiger partial charge on any atom is -0.491 e. The lowest BCUT2D eigenvalue weighted by atomic mass is 10.2. The molecule has 136 valence electrons. The van der Waals surface area contributed by atoms with Gasteiger partial charge in [-0.05, 0) is 36.4 Å². The van der Waals surface area contributed by atoms with Crippen molar-refractivity contribution >= 4 is 17.0 Å². The van der Waals surface area contributed by atoms with Gasteiger partial charge in [0.05, 0.1) is 30.3 Å². The maximum absolute atomic E-state index is 12.4. The fourth-order valence-electron chi connectivity index (χ4n) is 2.80. The zero-order valence-corrected chi connectivity index (χ0v) is 14.6. The second kappa shape index (κ2) is 7.45. The number of ether oxygens (including phenoxy) is 2. The van der Waals surface area contributed by atoms with Gasteiger partial charge in [-0.25, -0.2) is 9.59 Å². The monoisotopic (exact) mass is 356 g/mol. The number of methoxy groups -OCH3 is 1. The van der Waals surface area contributed by atoms with Crippen molar-refractivity contribution in [3.05, 3.63) is 64.6 Å². The number of aliphatic hydroxyl groups excluding tert-OH is 1. The summed E-state index contributed by atoms with van der Waals surface area (Å²) in [5, 5.41) is 10.3. The van der Waals surface area contributed by atoms with Crippen LogP contribution in [0.5, 0.6) is 5.75 Å². The third kappa shape index (κ3) is 3.48. The van der Waals surface area contributed by atoms with Crippen LogP contribution >= 0.6 is 0 Å². The summed E-state index contributed by atoms with van der Waals surface area (Å²) in [6.45, 7) is 0.146. The van der Waals surface area contributed by atoms with Gasteiger partial charge in [-0.1, -0.05) is 12.1 Å². The molecule has 0 bridgehead atoms. The Morgan fingerprint density at radius 1 is 1.12 bits per heavy atom. The average molecular weight is 356 g/mol. The van der Waals surface area contributed by atoms with E-state index < -0.39 is 12.1 Å². The van der Waals surface area contributed by atoms with Gasteiger partial charge in [-0.15, -0.1) is 0 Å². The van der Waals surface area contributed by atoms with Crippen LogP contribution in [-0.2, 0) is 18.3 Å². The van der Waals surface area contributed by atoms with Crippen LogP contribution in [0.4, 0.5) is 0 Å². The molecule has 7 nitrogen and oxygen atoms in total. The molecule has 1 N–H and O–H groups in total. The zero-order valence-electron chi connectivity index (χ0n) is 14.6. The quantitative estimate of drug-likeness (QED) is 0.678. The van der Waals surface area contributed by atoms with Gasteiger partial charge in [0.1, 0.15) is 18.5 Å². The van der Waals surface area contributed by atoms with E-state index in [4.69, 9.17) is 4.74 Å². The number of esters is 1. The van der Waals surface area contributed by atoms with Crippen molar-refractivity contribution in [3.63, 3.8) is 0 Å². The summed E-state index contributed by atoms with van der Waals surface area (Å²) in [7, 11) is 3.02. The normalized spacial score (nSPS) is 12.1. The van der Waals surface area contributed by atoms with E-state index in [9.17, 15) is 14.7 Å². The molecule has 0 unspecified atom stereocenters. The third-order valence-corrected chi connectivity index (χ3v) is 4.16. The first-order valence-corrected chi connectivity index (χ1v) is 8.14. The van der Waals surface area contributed by atoms with Crippen LogP contribution in [0, 0.1) is 0 Å². The van der Waals surface area contributed by atoms with Gasteiger partial charge in [0, 0.05) is 7.05 Å². The lowest BCUT2D eigenvalue weighted by Crippen LogP contribution is -2.30. The number of hydrogen-bond acceptors (Lipinski definition) is 5. The number of carbonyl (C=O) groups excluding carboxylic acids is 1. The van der Waals surface area contributed by atoms with E-state index in [0.717, 1.165) is 11.0 Å².